The Bertz CT molecular complexity index is 1290. The molecule has 10 nitrogen and oxygen atoms in total. The zero-order valence-electron chi connectivity index (χ0n) is 22.0. The monoisotopic (exact) mass is 550 g/mol. The molecule has 0 bridgehead atoms. The number of urea groups is 1. The number of hydrogen-bond acceptors (Lipinski definition) is 8. The van der Waals surface area contributed by atoms with Crippen LogP contribution in [0.4, 0.5) is 16.3 Å². The van der Waals surface area contributed by atoms with Gasteiger partial charge in [-0.05, 0) is 66.5 Å². The highest BCUT2D eigenvalue weighted by molar-refractivity contribution is 7.10. The van der Waals surface area contributed by atoms with E-state index in [0.717, 1.165) is 71.3 Å². The molecular weight excluding hydrogens is 516 g/mol. The van der Waals surface area contributed by atoms with Gasteiger partial charge in [0.2, 0.25) is 6.41 Å². The fourth-order valence-corrected chi connectivity index (χ4v) is 6.30. The molecule has 1 saturated heterocycles. The molecule has 206 valence electrons. The van der Waals surface area contributed by atoms with Crippen LogP contribution in [0.25, 0.3) is 0 Å². The molecule has 11 heteroatoms. The molecule has 2 aromatic heterocycles. The number of aliphatic hydroxyl groups is 1. The Hall–Kier alpha value is -3.70. The van der Waals surface area contributed by atoms with Gasteiger partial charge >= 0.3 is 6.03 Å². The first kappa shape index (κ1) is 26.9. The Morgan fingerprint density at radius 3 is 2.85 bits per heavy atom. The van der Waals surface area contributed by atoms with Crippen LogP contribution in [0.1, 0.15) is 40.5 Å². The number of rotatable bonds is 10. The molecule has 0 saturated carbocycles. The predicted octanol–water partition coefficient (Wildman–Crippen LogP) is 3.17. The smallest absolute Gasteiger partial charge is 0.322 e. The summed E-state index contributed by atoms with van der Waals surface area (Å²) in [6.07, 6.45) is 5.36. The molecule has 3 aromatic rings. The Morgan fingerprint density at radius 1 is 1.23 bits per heavy atom. The third-order valence-electron chi connectivity index (χ3n) is 7.63. The number of benzene rings is 1. The summed E-state index contributed by atoms with van der Waals surface area (Å²) in [6.45, 7) is 2.67. The molecule has 39 heavy (non-hydrogen) atoms. The van der Waals surface area contributed by atoms with Gasteiger partial charge in [-0.3, -0.25) is 4.79 Å². The van der Waals surface area contributed by atoms with Crippen LogP contribution in [0.3, 0.4) is 0 Å². The maximum atomic E-state index is 13.1. The molecule has 0 spiro atoms. The van der Waals surface area contributed by atoms with Gasteiger partial charge in [-0.25, -0.2) is 14.8 Å². The number of carbonyl (C=O) groups is 2. The Labute approximate surface area is 232 Å². The van der Waals surface area contributed by atoms with Crippen molar-refractivity contribution in [3.05, 3.63) is 63.7 Å². The summed E-state index contributed by atoms with van der Waals surface area (Å²) < 4.78 is 5.35. The molecule has 1 atom stereocenters. The van der Waals surface area contributed by atoms with Crippen molar-refractivity contribution >= 4 is 35.3 Å². The molecule has 1 fully saturated rings. The highest BCUT2D eigenvalue weighted by Gasteiger charge is 2.31. The average molecular weight is 551 g/mol. The quantitative estimate of drug-likeness (QED) is 0.332. The molecule has 3 amide bonds. The summed E-state index contributed by atoms with van der Waals surface area (Å²) in [4.78, 5) is 38.1. The standard InChI is InChI=1S/C28H34N6O4S/c1-38-23-2-3-24-19(13-23)4-10-34(28(37)32-24)22-5-8-33(9-6-22)27-14-25(30-17-31-27)21(16-35)12-20-7-11-39-26(20)15-29-18-36/h2-3,7,11,13-14,17-18,21-22,35H,4-6,8-10,12,15-16H2,1H3,(H,29,36)(H,32,37). The molecule has 3 N–H and O–H groups in total. The number of ether oxygens (including phenoxy) is 1. The third kappa shape index (κ3) is 6.15. The topological polar surface area (TPSA) is 120 Å². The number of aliphatic hydroxyl groups excluding tert-OH is 1. The van der Waals surface area contributed by atoms with Gasteiger partial charge in [0.25, 0.3) is 0 Å². The Morgan fingerprint density at radius 2 is 2.08 bits per heavy atom. The zero-order valence-corrected chi connectivity index (χ0v) is 22.8. The van der Waals surface area contributed by atoms with Crippen LogP contribution in [-0.4, -0.2) is 71.8 Å². The van der Waals surface area contributed by atoms with Crippen LogP contribution in [0.5, 0.6) is 5.75 Å². The van der Waals surface area contributed by atoms with E-state index >= 15 is 0 Å². The van der Waals surface area contributed by atoms with E-state index in [9.17, 15) is 14.7 Å². The number of thiophene rings is 1. The molecule has 4 heterocycles. The fourth-order valence-electron chi connectivity index (χ4n) is 5.43. The molecule has 2 aliphatic heterocycles. The third-order valence-corrected chi connectivity index (χ3v) is 8.59. The number of methoxy groups -OCH3 is 1. The van der Waals surface area contributed by atoms with Gasteiger partial charge in [0.15, 0.2) is 0 Å². The number of aromatic nitrogens is 2. The summed E-state index contributed by atoms with van der Waals surface area (Å²) in [5.41, 5.74) is 3.84. The maximum absolute atomic E-state index is 13.1. The molecule has 2 aliphatic rings. The van der Waals surface area contributed by atoms with Crippen molar-refractivity contribution < 1.29 is 19.4 Å². The van der Waals surface area contributed by atoms with Gasteiger partial charge in [0.1, 0.15) is 17.9 Å². The summed E-state index contributed by atoms with van der Waals surface area (Å²) in [7, 11) is 1.65. The Balaban J connectivity index is 1.21. The lowest BCUT2D eigenvalue weighted by molar-refractivity contribution is -0.109. The van der Waals surface area contributed by atoms with Crippen molar-refractivity contribution in [1.82, 2.24) is 20.2 Å². The van der Waals surface area contributed by atoms with E-state index in [1.165, 1.54) is 0 Å². The number of anilines is 2. The first-order valence-corrected chi connectivity index (χ1v) is 14.1. The van der Waals surface area contributed by atoms with E-state index in [0.29, 0.717) is 25.9 Å². The van der Waals surface area contributed by atoms with Crippen molar-refractivity contribution in [1.29, 1.82) is 0 Å². The van der Waals surface area contributed by atoms with Crippen LogP contribution in [0.15, 0.2) is 42.0 Å². The number of fused-ring (bicyclic) bond motifs is 1. The number of piperidine rings is 1. The number of amides is 3. The lowest BCUT2D eigenvalue weighted by Gasteiger charge is -2.38. The van der Waals surface area contributed by atoms with Gasteiger partial charge in [-0.2, -0.15) is 0 Å². The highest BCUT2D eigenvalue weighted by Crippen LogP contribution is 2.30. The molecule has 1 unspecified atom stereocenters. The van der Waals surface area contributed by atoms with Gasteiger partial charge in [0, 0.05) is 48.2 Å². The lowest BCUT2D eigenvalue weighted by Crippen LogP contribution is -2.49. The normalized spacial score (nSPS) is 16.7. The van der Waals surface area contributed by atoms with E-state index in [1.807, 2.05) is 40.6 Å². The predicted molar refractivity (Wildman–Crippen MR) is 150 cm³/mol. The molecule has 0 aliphatic carbocycles. The van der Waals surface area contributed by atoms with E-state index in [4.69, 9.17) is 4.74 Å². The van der Waals surface area contributed by atoms with Gasteiger partial charge in [0.05, 0.1) is 26.0 Å². The van der Waals surface area contributed by atoms with Crippen LogP contribution in [0, 0.1) is 0 Å². The van der Waals surface area contributed by atoms with E-state index in [2.05, 4.69) is 25.5 Å². The fraction of sp³-hybridized carbons (Fsp3) is 0.429. The summed E-state index contributed by atoms with van der Waals surface area (Å²) in [5, 5.41) is 18.0. The first-order chi connectivity index (χ1) is 19.1. The van der Waals surface area contributed by atoms with E-state index in [1.54, 1.807) is 24.8 Å². The largest absolute Gasteiger partial charge is 0.497 e. The average Bonchev–Trinajstić information content (AvgIpc) is 3.35. The second-order valence-corrected chi connectivity index (χ2v) is 10.9. The maximum Gasteiger partial charge on any atom is 0.322 e. The molecule has 0 radical (unpaired) electrons. The van der Waals surface area contributed by atoms with Crippen molar-refractivity contribution in [2.75, 3.05) is 43.6 Å². The minimum absolute atomic E-state index is 0.0345. The van der Waals surface area contributed by atoms with Crippen molar-refractivity contribution in [2.24, 2.45) is 0 Å². The highest BCUT2D eigenvalue weighted by atomic mass is 32.1. The second-order valence-electron chi connectivity index (χ2n) is 9.87. The number of nitrogens with one attached hydrogen (secondary N) is 2. The molecule has 5 rings (SSSR count). The van der Waals surface area contributed by atoms with Crippen LogP contribution < -0.4 is 20.3 Å². The molecule has 1 aromatic carbocycles. The summed E-state index contributed by atoms with van der Waals surface area (Å²) >= 11 is 1.59. The number of carbonyl (C=O) groups excluding carboxylic acids is 2. The van der Waals surface area contributed by atoms with Crippen LogP contribution >= 0.6 is 11.3 Å². The van der Waals surface area contributed by atoms with Crippen molar-refractivity contribution in [3.8, 4) is 5.75 Å². The van der Waals surface area contributed by atoms with Crippen LogP contribution in [-0.2, 0) is 24.2 Å². The second kappa shape index (κ2) is 12.4. The SMILES string of the molecule is COc1ccc2c(c1)CCN(C1CCN(c3cc(C(CO)Cc4ccsc4CNC=O)ncn3)CC1)C(=O)N2. The summed E-state index contributed by atoms with van der Waals surface area (Å²) in [6, 6.07) is 9.88. The van der Waals surface area contributed by atoms with Crippen molar-refractivity contribution in [3.63, 3.8) is 0 Å². The van der Waals surface area contributed by atoms with Crippen molar-refractivity contribution in [2.45, 2.75) is 44.2 Å². The Kier molecular flexibility index (Phi) is 8.58. The lowest BCUT2D eigenvalue weighted by atomic mass is 9.96. The minimum Gasteiger partial charge on any atom is -0.497 e. The first-order valence-electron chi connectivity index (χ1n) is 13.2. The number of nitrogens with zero attached hydrogens (tertiary/aromatic N) is 4. The van der Waals surface area contributed by atoms with Gasteiger partial charge in [-0.1, -0.05) is 0 Å². The van der Waals surface area contributed by atoms with E-state index in [-0.39, 0.29) is 24.6 Å². The van der Waals surface area contributed by atoms with Gasteiger partial charge < -0.3 is 30.3 Å². The number of hydrogen-bond donors (Lipinski definition) is 3. The van der Waals surface area contributed by atoms with E-state index < -0.39 is 0 Å². The zero-order chi connectivity index (χ0) is 27.2. The molecular formula is C28H34N6O4S. The van der Waals surface area contributed by atoms with Crippen LogP contribution in [0.2, 0.25) is 0 Å². The summed E-state index contributed by atoms with van der Waals surface area (Å²) in [5.74, 6) is 1.46. The minimum atomic E-state index is -0.171. The van der Waals surface area contributed by atoms with Gasteiger partial charge in [-0.15, -0.1) is 11.3 Å².